The van der Waals surface area contributed by atoms with Crippen molar-refractivity contribution in [3.63, 3.8) is 0 Å². The van der Waals surface area contributed by atoms with Gasteiger partial charge in [0.1, 0.15) is 5.76 Å². The Bertz CT molecular complexity index is 685. The summed E-state index contributed by atoms with van der Waals surface area (Å²) in [5, 5.41) is 14.0. The first-order chi connectivity index (χ1) is 9.95. The molecule has 0 spiro atoms. The van der Waals surface area contributed by atoms with E-state index in [4.69, 9.17) is 9.52 Å². The van der Waals surface area contributed by atoms with Crippen LogP contribution in [0.3, 0.4) is 0 Å². The minimum absolute atomic E-state index is 0.0905. The van der Waals surface area contributed by atoms with E-state index in [0.717, 1.165) is 8.95 Å². The highest BCUT2D eigenvalue weighted by atomic mass is 79.9. The maximum atomic E-state index is 11.8. The summed E-state index contributed by atoms with van der Waals surface area (Å²) >= 11 is 6.65. The number of carboxylic acid groups (broad SMARTS) is 1. The van der Waals surface area contributed by atoms with Gasteiger partial charge in [0.2, 0.25) is 5.76 Å². The average molecular weight is 418 g/mol. The average Bonchev–Trinajstić information content (AvgIpc) is 2.89. The summed E-state index contributed by atoms with van der Waals surface area (Å²) in [6, 6.07) is 7.75. The number of nitrogens with one attached hydrogen (secondary N) is 2. The molecular weight excluding hydrogens is 408 g/mol. The van der Waals surface area contributed by atoms with Crippen molar-refractivity contribution in [2.24, 2.45) is 0 Å². The van der Waals surface area contributed by atoms with Gasteiger partial charge in [0.25, 0.3) is 0 Å². The second-order valence-electron chi connectivity index (χ2n) is 4.00. The molecule has 0 fully saturated rings. The van der Waals surface area contributed by atoms with Crippen LogP contribution in [-0.2, 0) is 6.54 Å². The lowest BCUT2D eigenvalue weighted by molar-refractivity contribution is 0.0660. The quantitative estimate of drug-likeness (QED) is 0.704. The van der Waals surface area contributed by atoms with Crippen LogP contribution in [0.15, 0.2) is 43.7 Å². The molecule has 1 aromatic carbocycles. The molecule has 3 N–H and O–H groups in total. The molecule has 0 aliphatic carbocycles. The number of hydrogen-bond acceptors (Lipinski definition) is 3. The maximum absolute atomic E-state index is 11.8. The Hall–Kier alpha value is -1.80. The first-order valence-electron chi connectivity index (χ1n) is 5.77. The number of halogens is 2. The van der Waals surface area contributed by atoms with Crippen LogP contribution in [0.2, 0.25) is 0 Å². The van der Waals surface area contributed by atoms with E-state index in [2.05, 4.69) is 42.5 Å². The van der Waals surface area contributed by atoms with Crippen LogP contribution in [0.4, 0.5) is 10.5 Å². The highest BCUT2D eigenvalue weighted by Crippen LogP contribution is 2.25. The number of amides is 2. The molecule has 0 radical (unpaired) electrons. The van der Waals surface area contributed by atoms with Gasteiger partial charge in [0.15, 0.2) is 0 Å². The van der Waals surface area contributed by atoms with Gasteiger partial charge in [0.05, 0.1) is 12.2 Å². The van der Waals surface area contributed by atoms with Crippen molar-refractivity contribution < 1.29 is 19.1 Å². The van der Waals surface area contributed by atoms with Crippen LogP contribution < -0.4 is 10.6 Å². The highest BCUT2D eigenvalue weighted by Gasteiger charge is 2.10. The third-order valence-electron chi connectivity index (χ3n) is 2.47. The molecule has 2 rings (SSSR count). The zero-order chi connectivity index (χ0) is 15.4. The number of urea groups is 1. The third-order valence-corrected chi connectivity index (χ3v) is 3.62. The number of aromatic carboxylic acids is 1. The summed E-state index contributed by atoms with van der Waals surface area (Å²) in [6.07, 6.45) is 0. The van der Waals surface area contributed by atoms with Gasteiger partial charge in [0, 0.05) is 8.95 Å². The molecule has 8 heteroatoms. The summed E-state index contributed by atoms with van der Waals surface area (Å²) in [7, 11) is 0. The topological polar surface area (TPSA) is 91.6 Å². The monoisotopic (exact) mass is 416 g/mol. The number of benzene rings is 1. The van der Waals surface area contributed by atoms with Crippen molar-refractivity contribution in [1.82, 2.24) is 5.32 Å². The molecule has 1 heterocycles. The Balaban J connectivity index is 1.91. The highest BCUT2D eigenvalue weighted by molar-refractivity contribution is 9.11. The minimum atomic E-state index is -1.15. The Morgan fingerprint density at radius 2 is 1.95 bits per heavy atom. The van der Waals surface area contributed by atoms with E-state index in [0.29, 0.717) is 11.4 Å². The van der Waals surface area contributed by atoms with Crippen LogP contribution in [0, 0.1) is 0 Å². The normalized spacial score (nSPS) is 10.2. The molecular formula is C13H10Br2N2O4. The van der Waals surface area contributed by atoms with Crippen molar-refractivity contribution in [1.29, 1.82) is 0 Å². The molecule has 2 amide bonds. The third kappa shape index (κ3) is 4.33. The number of carboxylic acids is 1. The largest absolute Gasteiger partial charge is 0.475 e. The Labute approximate surface area is 136 Å². The lowest BCUT2D eigenvalue weighted by Gasteiger charge is -2.08. The minimum Gasteiger partial charge on any atom is -0.475 e. The molecule has 2 aromatic rings. The van der Waals surface area contributed by atoms with Crippen molar-refractivity contribution in [3.8, 4) is 0 Å². The fourth-order valence-corrected chi connectivity index (χ4v) is 2.66. The fourth-order valence-electron chi connectivity index (χ4n) is 1.51. The summed E-state index contributed by atoms with van der Waals surface area (Å²) in [6.45, 7) is 0.0905. The number of carbonyl (C=O) groups excluding carboxylic acids is 1. The van der Waals surface area contributed by atoms with Crippen molar-refractivity contribution in [2.45, 2.75) is 6.54 Å². The molecule has 0 aliphatic rings. The van der Waals surface area contributed by atoms with E-state index < -0.39 is 12.0 Å². The van der Waals surface area contributed by atoms with Crippen LogP contribution in [0.25, 0.3) is 0 Å². The molecule has 0 saturated heterocycles. The second kappa shape index (κ2) is 6.77. The molecule has 0 unspecified atom stereocenters. The van der Waals surface area contributed by atoms with Crippen LogP contribution >= 0.6 is 31.9 Å². The SMILES string of the molecule is O=C(NCc1ccc(C(=O)O)o1)Nc1ccc(Br)cc1Br. The van der Waals surface area contributed by atoms with Gasteiger partial charge in [-0.05, 0) is 46.3 Å². The van der Waals surface area contributed by atoms with Gasteiger partial charge >= 0.3 is 12.0 Å². The molecule has 21 heavy (non-hydrogen) atoms. The number of hydrogen-bond donors (Lipinski definition) is 3. The van der Waals surface area contributed by atoms with Gasteiger partial charge in [-0.25, -0.2) is 9.59 Å². The number of carbonyl (C=O) groups is 2. The molecule has 0 saturated carbocycles. The zero-order valence-corrected chi connectivity index (χ0v) is 13.7. The van der Waals surface area contributed by atoms with Gasteiger partial charge in [-0.3, -0.25) is 0 Å². The molecule has 110 valence electrons. The van der Waals surface area contributed by atoms with Gasteiger partial charge < -0.3 is 20.2 Å². The van der Waals surface area contributed by atoms with Gasteiger partial charge in [-0.15, -0.1) is 0 Å². The Morgan fingerprint density at radius 3 is 2.57 bits per heavy atom. The lowest BCUT2D eigenvalue weighted by atomic mass is 10.3. The summed E-state index contributed by atoms with van der Waals surface area (Å²) in [5.41, 5.74) is 0.612. The van der Waals surface area contributed by atoms with E-state index in [1.807, 2.05) is 0 Å². The molecule has 0 atom stereocenters. The predicted octanol–water partition coefficient (Wildman–Crippen LogP) is 3.82. The summed E-state index contributed by atoms with van der Waals surface area (Å²) in [4.78, 5) is 22.4. The number of rotatable bonds is 4. The van der Waals surface area contributed by atoms with E-state index in [1.165, 1.54) is 12.1 Å². The van der Waals surface area contributed by atoms with Crippen LogP contribution in [0.1, 0.15) is 16.3 Å². The van der Waals surface area contributed by atoms with E-state index in [9.17, 15) is 9.59 Å². The molecule has 6 nitrogen and oxygen atoms in total. The van der Waals surface area contributed by atoms with Crippen LogP contribution in [-0.4, -0.2) is 17.1 Å². The lowest BCUT2D eigenvalue weighted by Crippen LogP contribution is -2.28. The predicted molar refractivity (Wildman–Crippen MR) is 83.4 cm³/mol. The fraction of sp³-hybridized carbons (Fsp3) is 0.0769. The summed E-state index contributed by atoms with van der Waals surface area (Å²) in [5.74, 6) is -0.954. The Kier molecular flexibility index (Phi) is 5.03. The molecule has 1 aromatic heterocycles. The number of furan rings is 1. The van der Waals surface area contributed by atoms with Crippen molar-refractivity contribution in [2.75, 3.05) is 5.32 Å². The standard InChI is InChI=1S/C13H10Br2N2O4/c14-7-1-3-10(9(15)5-7)17-13(20)16-6-8-2-4-11(21-8)12(18)19/h1-5H,6H2,(H,18,19)(H2,16,17,20). The first kappa shape index (κ1) is 15.6. The summed E-state index contributed by atoms with van der Waals surface area (Å²) < 4.78 is 6.65. The zero-order valence-electron chi connectivity index (χ0n) is 10.5. The van der Waals surface area contributed by atoms with Crippen molar-refractivity contribution in [3.05, 3.63) is 50.8 Å². The Morgan fingerprint density at radius 1 is 1.19 bits per heavy atom. The van der Waals surface area contributed by atoms with Crippen LogP contribution in [0.5, 0.6) is 0 Å². The smallest absolute Gasteiger partial charge is 0.371 e. The molecule has 0 bridgehead atoms. The van der Waals surface area contributed by atoms with Gasteiger partial charge in [-0.1, -0.05) is 15.9 Å². The van der Waals surface area contributed by atoms with Crippen molar-refractivity contribution >= 4 is 49.5 Å². The van der Waals surface area contributed by atoms with E-state index >= 15 is 0 Å². The second-order valence-corrected chi connectivity index (χ2v) is 5.77. The first-order valence-corrected chi connectivity index (χ1v) is 7.36. The number of anilines is 1. The van der Waals surface area contributed by atoms with Gasteiger partial charge in [-0.2, -0.15) is 0 Å². The maximum Gasteiger partial charge on any atom is 0.371 e. The van der Waals surface area contributed by atoms with E-state index in [1.54, 1.807) is 18.2 Å². The molecule has 0 aliphatic heterocycles. The van der Waals surface area contributed by atoms with E-state index in [-0.39, 0.29) is 12.3 Å².